The molecular formula is C18H20N4. The largest absolute Gasteiger partial charge is 0.382 e. The molecule has 4 nitrogen and oxygen atoms in total. The molecular weight excluding hydrogens is 272 g/mol. The lowest BCUT2D eigenvalue weighted by molar-refractivity contribution is 1.05. The Morgan fingerprint density at radius 1 is 0.909 bits per heavy atom. The predicted molar refractivity (Wildman–Crippen MR) is 92.4 cm³/mol. The van der Waals surface area contributed by atoms with Crippen molar-refractivity contribution in [1.29, 1.82) is 0 Å². The summed E-state index contributed by atoms with van der Waals surface area (Å²) in [6.07, 6.45) is 1.79. The van der Waals surface area contributed by atoms with E-state index in [4.69, 9.17) is 0 Å². The number of para-hydroxylation sites is 1. The number of hydrogen-bond donors (Lipinski definition) is 2. The summed E-state index contributed by atoms with van der Waals surface area (Å²) in [6, 6.07) is 14.1. The molecule has 3 rings (SSSR count). The minimum absolute atomic E-state index is 0.812. The van der Waals surface area contributed by atoms with Gasteiger partial charge in [0.05, 0.1) is 5.52 Å². The summed E-state index contributed by atoms with van der Waals surface area (Å²) in [4.78, 5) is 8.90. The number of benzene rings is 1. The van der Waals surface area contributed by atoms with E-state index in [2.05, 4.69) is 52.6 Å². The second-order valence-corrected chi connectivity index (χ2v) is 5.28. The third kappa shape index (κ3) is 3.01. The van der Waals surface area contributed by atoms with E-state index >= 15 is 0 Å². The van der Waals surface area contributed by atoms with Crippen molar-refractivity contribution in [1.82, 2.24) is 9.97 Å². The third-order valence-electron chi connectivity index (χ3n) is 3.78. The molecule has 1 aromatic carbocycles. The molecule has 2 N–H and O–H groups in total. The molecule has 0 spiro atoms. The van der Waals surface area contributed by atoms with Crippen LogP contribution in [0.15, 0.2) is 48.7 Å². The number of nitrogens with zero attached hydrogens (tertiary/aromatic N) is 2. The normalized spacial score (nSPS) is 10.6. The fraction of sp³-hybridized carbons (Fsp3) is 0.222. The smallest absolute Gasteiger partial charge is 0.125 e. The van der Waals surface area contributed by atoms with Gasteiger partial charge in [0.1, 0.15) is 5.82 Å². The Balaban J connectivity index is 1.72. The number of pyridine rings is 2. The van der Waals surface area contributed by atoms with E-state index in [-0.39, 0.29) is 0 Å². The van der Waals surface area contributed by atoms with Crippen LogP contribution in [0.3, 0.4) is 0 Å². The van der Waals surface area contributed by atoms with Crippen molar-refractivity contribution in [3.05, 3.63) is 59.9 Å². The number of hydrogen-bond acceptors (Lipinski definition) is 4. The number of aryl methyl sites for hydroxylation is 1. The summed E-state index contributed by atoms with van der Waals surface area (Å²) in [5.74, 6) is 0.900. The fourth-order valence-corrected chi connectivity index (χ4v) is 2.50. The first kappa shape index (κ1) is 14.3. The molecule has 0 unspecified atom stereocenters. The topological polar surface area (TPSA) is 49.8 Å². The maximum Gasteiger partial charge on any atom is 0.125 e. The van der Waals surface area contributed by atoms with Gasteiger partial charge in [0.25, 0.3) is 0 Å². The lowest BCUT2D eigenvalue weighted by Gasteiger charge is -2.15. The van der Waals surface area contributed by atoms with E-state index in [1.807, 2.05) is 24.3 Å². The van der Waals surface area contributed by atoms with Gasteiger partial charge in [0.15, 0.2) is 0 Å². The molecule has 112 valence electrons. The van der Waals surface area contributed by atoms with Crippen LogP contribution < -0.4 is 10.6 Å². The Morgan fingerprint density at radius 3 is 2.50 bits per heavy atom. The van der Waals surface area contributed by atoms with Gasteiger partial charge >= 0.3 is 0 Å². The molecule has 0 aliphatic rings. The molecule has 2 heterocycles. The van der Waals surface area contributed by atoms with Crippen molar-refractivity contribution in [2.75, 3.05) is 23.7 Å². The van der Waals surface area contributed by atoms with Gasteiger partial charge < -0.3 is 10.6 Å². The van der Waals surface area contributed by atoms with Gasteiger partial charge in [-0.15, -0.1) is 0 Å². The second kappa shape index (κ2) is 6.43. The fourth-order valence-electron chi connectivity index (χ4n) is 2.50. The molecule has 0 radical (unpaired) electrons. The van der Waals surface area contributed by atoms with E-state index in [0.29, 0.717) is 0 Å². The number of nitrogens with one attached hydrogen (secondary N) is 2. The quantitative estimate of drug-likeness (QED) is 0.703. The average molecular weight is 292 g/mol. The maximum atomic E-state index is 4.65. The van der Waals surface area contributed by atoms with Gasteiger partial charge in [-0.25, -0.2) is 4.98 Å². The summed E-state index contributed by atoms with van der Waals surface area (Å²) in [6.45, 7) is 5.80. The van der Waals surface area contributed by atoms with E-state index < -0.39 is 0 Å². The van der Waals surface area contributed by atoms with Crippen LogP contribution in [0.25, 0.3) is 10.9 Å². The van der Waals surface area contributed by atoms with Crippen LogP contribution >= 0.6 is 0 Å². The minimum Gasteiger partial charge on any atom is -0.382 e. The van der Waals surface area contributed by atoms with Crippen LogP contribution in [0, 0.1) is 13.8 Å². The van der Waals surface area contributed by atoms with Crippen molar-refractivity contribution < 1.29 is 0 Å². The Kier molecular flexibility index (Phi) is 4.19. The minimum atomic E-state index is 0.812. The third-order valence-corrected chi connectivity index (χ3v) is 3.78. The van der Waals surface area contributed by atoms with E-state index in [9.17, 15) is 0 Å². The van der Waals surface area contributed by atoms with Crippen LogP contribution in [-0.2, 0) is 0 Å². The monoisotopic (exact) mass is 292 g/mol. The van der Waals surface area contributed by atoms with Crippen molar-refractivity contribution in [3.8, 4) is 0 Å². The SMILES string of the molecule is Cc1nc2ccccc2c(NCCNc2ccccn2)c1C. The lowest BCUT2D eigenvalue weighted by Crippen LogP contribution is -2.15. The molecule has 0 atom stereocenters. The zero-order chi connectivity index (χ0) is 15.4. The summed E-state index contributed by atoms with van der Waals surface area (Å²) in [5.41, 5.74) is 4.48. The predicted octanol–water partition coefficient (Wildman–Crippen LogP) is 3.77. The molecule has 0 saturated heterocycles. The van der Waals surface area contributed by atoms with E-state index in [0.717, 1.165) is 30.1 Å². The van der Waals surface area contributed by atoms with E-state index in [1.165, 1.54) is 16.6 Å². The molecule has 2 aromatic heterocycles. The van der Waals surface area contributed by atoms with Gasteiger partial charge in [-0.2, -0.15) is 0 Å². The van der Waals surface area contributed by atoms with Crippen LogP contribution in [0.1, 0.15) is 11.3 Å². The first-order chi connectivity index (χ1) is 10.8. The Hall–Kier alpha value is -2.62. The molecule has 3 aromatic rings. The molecule has 0 aliphatic heterocycles. The van der Waals surface area contributed by atoms with Gasteiger partial charge in [0, 0.05) is 36.1 Å². The number of anilines is 2. The summed E-state index contributed by atoms with van der Waals surface area (Å²) in [7, 11) is 0. The maximum absolute atomic E-state index is 4.65. The molecule has 4 heteroatoms. The van der Waals surface area contributed by atoms with E-state index in [1.54, 1.807) is 6.20 Å². The number of rotatable bonds is 5. The second-order valence-electron chi connectivity index (χ2n) is 5.28. The number of fused-ring (bicyclic) bond motifs is 1. The average Bonchev–Trinajstić information content (AvgIpc) is 2.55. The van der Waals surface area contributed by atoms with Crippen molar-refractivity contribution >= 4 is 22.4 Å². The molecule has 0 aliphatic carbocycles. The molecule has 0 saturated carbocycles. The zero-order valence-corrected chi connectivity index (χ0v) is 12.9. The summed E-state index contributed by atoms with van der Waals surface area (Å²) >= 11 is 0. The first-order valence-corrected chi connectivity index (χ1v) is 7.50. The highest BCUT2D eigenvalue weighted by atomic mass is 15.0. The Labute approximate surface area is 130 Å². The Morgan fingerprint density at radius 2 is 1.68 bits per heavy atom. The van der Waals surface area contributed by atoms with Crippen LogP contribution in [0.2, 0.25) is 0 Å². The van der Waals surface area contributed by atoms with Gasteiger partial charge in [-0.3, -0.25) is 4.98 Å². The van der Waals surface area contributed by atoms with Crippen LogP contribution in [0.5, 0.6) is 0 Å². The molecule has 0 fully saturated rings. The number of aromatic nitrogens is 2. The highest BCUT2D eigenvalue weighted by molar-refractivity contribution is 5.93. The molecule has 0 amide bonds. The van der Waals surface area contributed by atoms with Crippen LogP contribution in [0.4, 0.5) is 11.5 Å². The van der Waals surface area contributed by atoms with Crippen molar-refractivity contribution in [2.45, 2.75) is 13.8 Å². The molecule has 0 bridgehead atoms. The highest BCUT2D eigenvalue weighted by Gasteiger charge is 2.08. The summed E-state index contributed by atoms with van der Waals surface area (Å²) < 4.78 is 0. The zero-order valence-electron chi connectivity index (χ0n) is 12.9. The molecule has 22 heavy (non-hydrogen) atoms. The highest BCUT2D eigenvalue weighted by Crippen LogP contribution is 2.27. The van der Waals surface area contributed by atoms with Gasteiger partial charge in [-0.05, 0) is 37.6 Å². The van der Waals surface area contributed by atoms with Crippen molar-refractivity contribution in [2.24, 2.45) is 0 Å². The Bertz CT molecular complexity index is 769. The lowest BCUT2D eigenvalue weighted by atomic mass is 10.1. The van der Waals surface area contributed by atoms with Gasteiger partial charge in [-0.1, -0.05) is 24.3 Å². The van der Waals surface area contributed by atoms with Crippen LogP contribution in [-0.4, -0.2) is 23.1 Å². The van der Waals surface area contributed by atoms with Crippen molar-refractivity contribution in [3.63, 3.8) is 0 Å². The standard InChI is InChI=1S/C18H20N4/c1-13-14(2)22-16-8-4-3-7-15(16)18(13)21-12-11-20-17-9-5-6-10-19-17/h3-10H,11-12H2,1-2H3,(H,19,20)(H,21,22). The first-order valence-electron chi connectivity index (χ1n) is 7.50. The summed E-state index contributed by atoms with van der Waals surface area (Å²) in [5, 5.41) is 8.01. The van der Waals surface area contributed by atoms with Gasteiger partial charge in [0.2, 0.25) is 0 Å².